The zero-order valence-electron chi connectivity index (χ0n) is 20.4. The van der Waals surface area contributed by atoms with Gasteiger partial charge in [-0.1, -0.05) is 60.7 Å². The summed E-state index contributed by atoms with van der Waals surface area (Å²) < 4.78 is 2.31. The quantitative estimate of drug-likeness (QED) is 0.247. The lowest BCUT2D eigenvalue weighted by atomic mass is 9.88. The van der Waals surface area contributed by atoms with E-state index in [1.807, 2.05) is 6.20 Å². The standard InChI is InChI=1S/C32H28N2/c1-19-9-6-7-12-25(19)30-22(4)13-15-26-31(30)27-17-24(29-20(2)10-8-11-21(29)3)14-16-28(27)34-23(5)18-33-32(26)34/h6-18H,1-5H3. The lowest BCUT2D eigenvalue weighted by molar-refractivity contribution is 1.17. The van der Waals surface area contributed by atoms with Crippen molar-refractivity contribution < 1.29 is 0 Å². The topological polar surface area (TPSA) is 17.3 Å². The molecule has 34 heavy (non-hydrogen) atoms. The molecule has 0 atom stereocenters. The summed E-state index contributed by atoms with van der Waals surface area (Å²) in [5.74, 6) is 0. The van der Waals surface area contributed by atoms with Gasteiger partial charge in [0.15, 0.2) is 0 Å². The number of fused-ring (bicyclic) bond motifs is 6. The molecule has 0 saturated carbocycles. The molecule has 6 rings (SSSR count). The van der Waals surface area contributed by atoms with E-state index in [4.69, 9.17) is 4.98 Å². The molecular weight excluding hydrogens is 412 g/mol. The lowest BCUT2D eigenvalue weighted by Crippen LogP contribution is -1.97. The van der Waals surface area contributed by atoms with E-state index >= 15 is 0 Å². The SMILES string of the molecule is Cc1ccccc1-c1c(C)ccc2c1c1cc(-c3c(C)cccc3C)ccc1n1c(C)cnc21. The number of hydrogen-bond donors (Lipinski definition) is 0. The first-order valence-electron chi connectivity index (χ1n) is 11.9. The summed E-state index contributed by atoms with van der Waals surface area (Å²) in [6.07, 6.45) is 1.99. The summed E-state index contributed by atoms with van der Waals surface area (Å²) in [6, 6.07) is 26.7. The number of nitrogens with zero attached hydrogens (tertiary/aromatic N) is 2. The van der Waals surface area contributed by atoms with Crippen molar-refractivity contribution in [3.8, 4) is 22.3 Å². The average Bonchev–Trinajstić information content (AvgIpc) is 3.21. The number of aromatic nitrogens is 2. The Balaban J connectivity index is 1.86. The molecule has 0 unspecified atom stereocenters. The monoisotopic (exact) mass is 440 g/mol. The maximum atomic E-state index is 4.86. The summed E-state index contributed by atoms with van der Waals surface area (Å²) in [7, 11) is 0. The maximum absolute atomic E-state index is 4.86. The first-order valence-corrected chi connectivity index (χ1v) is 11.9. The molecule has 2 nitrogen and oxygen atoms in total. The number of pyridine rings is 1. The summed E-state index contributed by atoms with van der Waals surface area (Å²) in [4.78, 5) is 4.86. The first-order chi connectivity index (χ1) is 16.5. The van der Waals surface area contributed by atoms with E-state index in [1.54, 1.807) is 0 Å². The van der Waals surface area contributed by atoms with Crippen molar-refractivity contribution in [2.45, 2.75) is 34.6 Å². The molecule has 4 aromatic carbocycles. The van der Waals surface area contributed by atoms with Crippen LogP contribution in [0.2, 0.25) is 0 Å². The van der Waals surface area contributed by atoms with E-state index in [-0.39, 0.29) is 0 Å². The molecule has 0 spiro atoms. The molecule has 0 aliphatic rings. The second-order valence-corrected chi connectivity index (χ2v) is 9.55. The molecule has 0 N–H and O–H groups in total. The first kappa shape index (κ1) is 20.7. The van der Waals surface area contributed by atoms with Gasteiger partial charge in [0.2, 0.25) is 0 Å². The third kappa shape index (κ3) is 2.92. The predicted molar refractivity (Wildman–Crippen MR) is 145 cm³/mol. The van der Waals surface area contributed by atoms with Gasteiger partial charge in [0.25, 0.3) is 0 Å². The minimum Gasteiger partial charge on any atom is -0.296 e. The summed E-state index contributed by atoms with van der Waals surface area (Å²) >= 11 is 0. The van der Waals surface area contributed by atoms with E-state index in [9.17, 15) is 0 Å². The fourth-order valence-corrected chi connectivity index (χ4v) is 5.66. The second kappa shape index (κ2) is 7.56. The van der Waals surface area contributed by atoms with Gasteiger partial charge in [-0.15, -0.1) is 0 Å². The zero-order valence-corrected chi connectivity index (χ0v) is 20.4. The van der Waals surface area contributed by atoms with Crippen LogP contribution in [-0.4, -0.2) is 9.38 Å². The third-order valence-electron chi connectivity index (χ3n) is 7.28. The highest BCUT2D eigenvalue weighted by Crippen LogP contribution is 2.41. The minimum absolute atomic E-state index is 1.02. The van der Waals surface area contributed by atoms with Crippen LogP contribution in [-0.2, 0) is 0 Å². The Morgan fingerprint density at radius 1 is 0.618 bits per heavy atom. The molecule has 0 saturated heterocycles. The van der Waals surface area contributed by atoms with Crippen LogP contribution < -0.4 is 0 Å². The van der Waals surface area contributed by atoms with Crippen molar-refractivity contribution in [1.82, 2.24) is 9.38 Å². The summed E-state index contributed by atoms with van der Waals surface area (Å²) in [6.45, 7) is 11.0. The largest absolute Gasteiger partial charge is 0.296 e. The van der Waals surface area contributed by atoms with Gasteiger partial charge in [0, 0.05) is 28.0 Å². The molecule has 0 amide bonds. The maximum Gasteiger partial charge on any atom is 0.145 e. The normalized spacial score (nSPS) is 11.7. The Bertz CT molecular complexity index is 1730. The third-order valence-corrected chi connectivity index (χ3v) is 7.28. The van der Waals surface area contributed by atoms with Gasteiger partial charge in [0.1, 0.15) is 5.65 Å². The minimum atomic E-state index is 1.02. The van der Waals surface area contributed by atoms with Crippen LogP contribution in [0.5, 0.6) is 0 Å². The number of benzene rings is 4. The fourth-order valence-electron chi connectivity index (χ4n) is 5.66. The van der Waals surface area contributed by atoms with E-state index in [1.165, 1.54) is 66.2 Å². The molecule has 0 fully saturated rings. The molecule has 0 radical (unpaired) electrons. The number of aryl methyl sites for hydroxylation is 5. The summed E-state index contributed by atoms with van der Waals surface area (Å²) in [5, 5.41) is 3.75. The Morgan fingerprint density at radius 3 is 2.09 bits per heavy atom. The van der Waals surface area contributed by atoms with Crippen LogP contribution >= 0.6 is 0 Å². The number of rotatable bonds is 2. The van der Waals surface area contributed by atoms with Crippen LogP contribution in [0, 0.1) is 34.6 Å². The zero-order chi connectivity index (χ0) is 23.6. The van der Waals surface area contributed by atoms with Gasteiger partial charge in [-0.2, -0.15) is 0 Å². The fraction of sp³-hybridized carbons (Fsp3) is 0.156. The molecule has 0 aliphatic heterocycles. The predicted octanol–water partition coefficient (Wildman–Crippen LogP) is 8.52. The second-order valence-electron chi connectivity index (χ2n) is 9.55. The highest BCUT2D eigenvalue weighted by Gasteiger charge is 2.18. The van der Waals surface area contributed by atoms with Crippen molar-refractivity contribution >= 4 is 27.3 Å². The lowest BCUT2D eigenvalue weighted by Gasteiger charge is -2.18. The summed E-state index contributed by atoms with van der Waals surface area (Å²) in [5.41, 5.74) is 13.7. The van der Waals surface area contributed by atoms with E-state index in [2.05, 4.69) is 112 Å². The van der Waals surface area contributed by atoms with Crippen molar-refractivity contribution in [1.29, 1.82) is 0 Å². The molecule has 2 heteroatoms. The molecule has 0 bridgehead atoms. The molecular formula is C32H28N2. The molecule has 0 aliphatic carbocycles. The average molecular weight is 441 g/mol. The van der Waals surface area contributed by atoms with E-state index in [0.29, 0.717) is 0 Å². The van der Waals surface area contributed by atoms with Crippen molar-refractivity contribution in [2.24, 2.45) is 0 Å². The molecule has 2 heterocycles. The van der Waals surface area contributed by atoms with Crippen LogP contribution in [0.4, 0.5) is 0 Å². The van der Waals surface area contributed by atoms with Gasteiger partial charge in [-0.05, 0) is 91.3 Å². The van der Waals surface area contributed by atoms with Crippen molar-refractivity contribution in [2.75, 3.05) is 0 Å². The molecule has 2 aromatic heterocycles. The van der Waals surface area contributed by atoms with Gasteiger partial charge in [-0.25, -0.2) is 4.98 Å². The van der Waals surface area contributed by atoms with Gasteiger partial charge in [0.05, 0.1) is 5.52 Å². The number of imidazole rings is 1. The van der Waals surface area contributed by atoms with Crippen molar-refractivity contribution in [3.05, 3.63) is 107 Å². The van der Waals surface area contributed by atoms with Gasteiger partial charge in [-0.3, -0.25) is 4.40 Å². The Hall–Kier alpha value is -3.91. The Morgan fingerprint density at radius 2 is 1.32 bits per heavy atom. The Labute approximate surface area is 200 Å². The van der Waals surface area contributed by atoms with E-state index < -0.39 is 0 Å². The van der Waals surface area contributed by atoms with Crippen molar-refractivity contribution in [3.63, 3.8) is 0 Å². The van der Waals surface area contributed by atoms with Crippen LogP contribution in [0.3, 0.4) is 0 Å². The van der Waals surface area contributed by atoms with Crippen LogP contribution in [0.1, 0.15) is 27.9 Å². The smallest absolute Gasteiger partial charge is 0.145 e. The van der Waals surface area contributed by atoms with Gasteiger partial charge >= 0.3 is 0 Å². The Kier molecular flexibility index (Phi) is 4.60. The molecule has 6 aromatic rings. The van der Waals surface area contributed by atoms with Crippen LogP contribution in [0.15, 0.2) is 79.0 Å². The highest BCUT2D eigenvalue weighted by atomic mass is 15.0. The number of hydrogen-bond acceptors (Lipinski definition) is 1. The van der Waals surface area contributed by atoms with Crippen LogP contribution in [0.25, 0.3) is 49.6 Å². The van der Waals surface area contributed by atoms with Gasteiger partial charge < -0.3 is 0 Å². The van der Waals surface area contributed by atoms with E-state index in [0.717, 1.165) is 11.3 Å². The molecule has 166 valence electrons. The highest BCUT2D eigenvalue weighted by molar-refractivity contribution is 6.19.